The molecule has 0 aliphatic heterocycles. The van der Waals surface area contributed by atoms with Gasteiger partial charge in [-0.05, 0) is 57.8 Å². The Kier molecular flexibility index (Phi) is 64.4. The summed E-state index contributed by atoms with van der Waals surface area (Å²) in [6, 6.07) is -0.623. The molecule has 2 atom stereocenters. The van der Waals surface area contributed by atoms with Gasteiger partial charge < -0.3 is 20.3 Å². The van der Waals surface area contributed by atoms with Crippen molar-refractivity contribution in [1.82, 2.24) is 5.32 Å². The quantitative estimate of drug-likeness (QED) is 0.0320. The fourth-order valence-corrected chi connectivity index (χ4v) is 10.9. The third kappa shape index (κ3) is 61.6. The normalized spacial score (nSPS) is 12.6. The Bertz CT molecular complexity index is 1190. The summed E-state index contributed by atoms with van der Waals surface area (Å²) >= 11 is 0. The first-order chi connectivity index (χ1) is 37.5. The van der Waals surface area contributed by atoms with Gasteiger partial charge in [0.25, 0.3) is 0 Å². The van der Waals surface area contributed by atoms with Crippen molar-refractivity contribution < 1.29 is 24.5 Å². The number of hydrogen-bond acceptors (Lipinski definition) is 5. The SMILES string of the molecule is CCCCCCCCCC/C=C/C(O)C(CO)NC(=O)CCCCCCCCCCCCCCCCCCC/C=C\CCCCCCCCCCCCCCCCOC(=O)CCCCCCCCCCCCCCCC. The molecule has 6 nitrogen and oxygen atoms in total. The molecule has 0 bridgehead atoms. The van der Waals surface area contributed by atoms with Gasteiger partial charge in [0.05, 0.1) is 25.4 Å². The third-order valence-electron chi connectivity index (χ3n) is 16.2. The zero-order valence-corrected chi connectivity index (χ0v) is 51.5. The molecule has 0 aromatic rings. The largest absolute Gasteiger partial charge is 0.466 e. The van der Waals surface area contributed by atoms with E-state index in [1.807, 2.05) is 6.08 Å². The van der Waals surface area contributed by atoms with Crippen LogP contribution in [0.5, 0.6) is 0 Å². The predicted octanol–water partition coefficient (Wildman–Crippen LogP) is 22.1. The molecule has 0 fully saturated rings. The minimum absolute atomic E-state index is 0.0227. The van der Waals surface area contributed by atoms with Crippen molar-refractivity contribution >= 4 is 11.9 Å². The molecule has 76 heavy (non-hydrogen) atoms. The Morgan fingerprint density at radius 1 is 0.355 bits per heavy atom. The van der Waals surface area contributed by atoms with Crippen molar-refractivity contribution in [2.75, 3.05) is 13.2 Å². The van der Waals surface area contributed by atoms with Crippen molar-refractivity contribution in [2.24, 2.45) is 0 Å². The summed E-state index contributed by atoms with van der Waals surface area (Å²) < 4.78 is 5.49. The van der Waals surface area contributed by atoms with Crippen LogP contribution in [0.3, 0.4) is 0 Å². The number of allylic oxidation sites excluding steroid dienone is 3. The second kappa shape index (κ2) is 65.9. The maximum Gasteiger partial charge on any atom is 0.305 e. The molecule has 0 aliphatic rings. The molecule has 0 aliphatic carbocycles. The van der Waals surface area contributed by atoms with Gasteiger partial charge in [0.1, 0.15) is 0 Å². The molecule has 0 spiro atoms. The molecule has 0 aromatic heterocycles. The predicted molar refractivity (Wildman–Crippen MR) is 333 cm³/mol. The van der Waals surface area contributed by atoms with Gasteiger partial charge in [0, 0.05) is 12.8 Å². The van der Waals surface area contributed by atoms with Gasteiger partial charge in [-0.2, -0.15) is 0 Å². The highest BCUT2D eigenvalue weighted by atomic mass is 16.5. The van der Waals surface area contributed by atoms with E-state index in [1.165, 1.54) is 321 Å². The van der Waals surface area contributed by atoms with Gasteiger partial charge in [-0.1, -0.05) is 340 Å². The van der Waals surface area contributed by atoms with Crippen LogP contribution in [-0.2, 0) is 14.3 Å². The van der Waals surface area contributed by atoms with Crippen LogP contribution in [0.2, 0.25) is 0 Å². The van der Waals surface area contributed by atoms with Crippen LogP contribution in [0.25, 0.3) is 0 Å². The lowest BCUT2D eigenvalue weighted by atomic mass is 10.0. The van der Waals surface area contributed by atoms with E-state index < -0.39 is 12.1 Å². The zero-order valence-electron chi connectivity index (χ0n) is 51.5. The first kappa shape index (κ1) is 74.3. The van der Waals surface area contributed by atoms with Crippen LogP contribution in [0.4, 0.5) is 0 Å². The number of hydrogen-bond donors (Lipinski definition) is 3. The number of unbranched alkanes of at least 4 members (excludes halogenated alkanes) is 52. The molecule has 450 valence electrons. The van der Waals surface area contributed by atoms with Crippen molar-refractivity contribution in [3.8, 4) is 0 Å². The van der Waals surface area contributed by atoms with Crippen LogP contribution in [0, 0.1) is 0 Å². The lowest BCUT2D eigenvalue weighted by Crippen LogP contribution is -2.45. The number of aliphatic hydroxyl groups excluding tert-OH is 2. The summed E-state index contributed by atoms with van der Waals surface area (Å²) in [5.74, 6) is -0.0421. The summed E-state index contributed by atoms with van der Waals surface area (Å²) in [6.07, 6.45) is 82.8. The number of aliphatic hydroxyl groups is 2. The van der Waals surface area contributed by atoms with Crippen LogP contribution >= 0.6 is 0 Å². The second-order valence-corrected chi connectivity index (χ2v) is 23.9. The lowest BCUT2D eigenvalue weighted by Gasteiger charge is -2.20. The highest BCUT2D eigenvalue weighted by molar-refractivity contribution is 5.76. The van der Waals surface area contributed by atoms with Crippen molar-refractivity contribution in [3.05, 3.63) is 24.3 Å². The summed E-state index contributed by atoms with van der Waals surface area (Å²) in [5, 5.41) is 23.0. The third-order valence-corrected chi connectivity index (χ3v) is 16.2. The zero-order chi connectivity index (χ0) is 55.0. The maximum absolute atomic E-state index is 12.4. The molecular weight excluding hydrogens is 935 g/mol. The van der Waals surface area contributed by atoms with E-state index in [0.717, 1.165) is 38.5 Å². The first-order valence-corrected chi connectivity index (χ1v) is 34.6. The fraction of sp³-hybridized carbons (Fsp3) is 0.914. The van der Waals surface area contributed by atoms with Crippen molar-refractivity contribution in [1.29, 1.82) is 0 Å². The highest BCUT2D eigenvalue weighted by Gasteiger charge is 2.18. The molecular formula is C70H135NO5. The molecule has 0 aromatic carbocycles. The molecule has 0 rings (SSSR count). The van der Waals surface area contributed by atoms with E-state index in [4.69, 9.17) is 4.74 Å². The molecule has 0 radical (unpaired) electrons. The Balaban J connectivity index is 3.31. The Morgan fingerprint density at radius 2 is 0.618 bits per heavy atom. The maximum atomic E-state index is 12.4. The van der Waals surface area contributed by atoms with E-state index in [0.29, 0.717) is 19.4 Å². The fourth-order valence-electron chi connectivity index (χ4n) is 10.9. The number of esters is 1. The van der Waals surface area contributed by atoms with Crippen molar-refractivity contribution in [2.45, 2.75) is 398 Å². The summed E-state index contributed by atoms with van der Waals surface area (Å²) in [4.78, 5) is 24.5. The standard InChI is InChI=1S/C70H135NO5/c1-3-5-7-9-11-13-15-16-41-44-48-52-56-60-64-70(75)76-65-61-57-53-49-45-42-39-37-35-33-31-29-27-25-23-21-19-17-18-20-22-24-26-28-30-32-34-36-38-40-43-47-51-55-59-63-69(74)71-67(66-72)68(73)62-58-54-50-46-14-12-10-8-6-4-2/h19,21,58,62,67-68,72-73H,3-18,20,22-57,59-61,63-66H2,1-2H3,(H,71,74)/b21-19-,62-58+. The number of rotatable bonds is 65. The number of ether oxygens (including phenoxy) is 1. The molecule has 2 unspecified atom stereocenters. The van der Waals surface area contributed by atoms with Crippen LogP contribution < -0.4 is 5.32 Å². The minimum Gasteiger partial charge on any atom is -0.466 e. The van der Waals surface area contributed by atoms with Gasteiger partial charge in [-0.3, -0.25) is 9.59 Å². The van der Waals surface area contributed by atoms with Gasteiger partial charge in [-0.15, -0.1) is 0 Å². The van der Waals surface area contributed by atoms with Gasteiger partial charge in [0.15, 0.2) is 0 Å². The monoisotopic (exact) mass is 1070 g/mol. The summed E-state index contributed by atoms with van der Waals surface area (Å²) in [7, 11) is 0. The first-order valence-electron chi connectivity index (χ1n) is 34.6. The molecule has 0 saturated heterocycles. The summed E-state index contributed by atoms with van der Waals surface area (Å²) in [6.45, 7) is 4.91. The highest BCUT2D eigenvalue weighted by Crippen LogP contribution is 2.18. The van der Waals surface area contributed by atoms with Gasteiger partial charge >= 0.3 is 5.97 Å². The average Bonchev–Trinajstić information content (AvgIpc) is 3.42. The van der Waals surface area contributed by atoms with Crippen molar-refractivity contribution in [3.63, 3.8) is 0 Å². The minimum atomic E-state index is -0.839. The Morgan fingerprint density at radius 3 is 0.934 bits per heavy atom. The van der Waals surface area contributed by atoms with E-state index in [2.05, 4.69) is 31.3 Å². The van der Waals surface area contributed by atoms with E-state index in [9.17, 15) is 19.8 Å². The smallest absolute Gasteiger partial charge is 0.305 e. The Hall–Kier alpha value is -1.66. The number of carbonyl (C=O) groups excluding carboxylic acids is 2. The second-order valence-electron chi connectivity index (χ2n) is 23.9. The number of nitrogens with one attached hydrogen (secondary N) is 1. The molecule has 6 heteroatoms. The topological polar surface area (TPSA) is 95.9 Å². The number of carbonyl (C=O) groups is 2. The van der Waals surface area contributed by atoms with Crippen LogP contribution in [-0.4, -0.2) is 47.4 Å². The lowest BCUT2D eigenvalue weighted by molar-refractivity contribution is -0.143. The van der Waals surface area contributed by atoms with E-state index >= 15 is 0 Å². The van der Waals surface area contributed by atoms with Gasteiger partial charge in [-0.25, -0.2) is 0 Å². The average molecular weight is 1070 g/mol. The van der Waals surface area contributed by atoms with Crippen LogP contribution in [0.15, 0.2) is 24.3 Å². The molecule has 3 N–H and O–H groups in total. The van der Waals surface area contributed by atoms with Crippen LogP contribution in [0.1, 0.15) is 386 Å². The Labute approximate surface area is 475 Å². The van der Waals surface area contributed by atoms with E-state index in [-0.39, 0.29) is 18.5 Å². The van der Waals surface area contributed by atoms with Gasteiger partial charge in [0.2, 0.25) is 5.91 Å². The molecule has 1 amide bonds. The molecule has 0 heterocycles. The van der Waals surface area contributed by atoms with E-state index in [1.54, 1.807) is 6.08 Å². The number of amides is 1. The summed E-state index contributed by atoms with van der Waals surface area (Å²) in [5.41, 5.74) is 0. The molecule has 0 saturated carbocycles.